The Morgan fingerprint density at radius 1 is 0.878 bits per heavy atom. The number of amides is 2. The first-order valence-electron chi connectivity index (χ1n) is 16.8. The number of aliphatic hydroxyl groups excluding tert-OH is 1. The molecule has 0 saturated carbocycles. The van der Waals surface area contributed by atoms with Gasteiger partial charge in [0.15, 0.2) is 6.29 Å². The Hall–Kier alpha value is -4.81. The third-order valence-electron chi connectivity index (χ3n) is 9.16. The number of urea groups is 1. The van der Waals surface area contributed by atoms with Crippen molar-refractivity contribution >= 4 is 17.4 Å². The van der Waals surface area contributed by atoms with Gasteiger partial charge in [-0.3, -0.25) is 15.0 Å². The van der Waals surface area contributed by atoms with Gasteiger partial charge in [-0.25, -0.2) is 4.79 Å². The number of piperazine rings is 1. The first kappa shape index (κ1) is 34.1. The number of hydrogen-bond acceptors (Lipinski definition) is 8. The average molecular weight is 666 g/mol. The van der Waals surface area contributed by atoms with E-state index in [4.69, 9.17) is 9.47 Å². The van der Waals surface area contributed by atoms with Gasteiger partial charge < -0.3 is 30.1 Å². The van der Waals surface area contributed by atoms with Crippen LogP contribution >= 0.6 is 0 Å². The highest BCUT2D eigenvalue weighted by Gasteiger charge is 2.34. The van der Waals surface area contributed by atoms with Crippen LogP contribution in [-0.2, 0) is 22.6 Å². The van der Waals surface area contributed by atoms with Crippen LogP contribution in [0.3, 0.4) is 0 Å². The number of non-ortho nitro benzene ring substituents is 1. The smallest absolute Gasteiger partial charge is 0.315 e. The lowest BCUT2D eigenvalue weighted by molar-refractivity contribution is -0.384. The predicted octanol–water partition coefficient (Wildman–Crippen LogP) is 5.94. The summed E-state index contributed by atoms with van der Waals surface area (Å²) in [6.07, 6.45) is -0.125. The van der Waals surface area contributed by atoms with E-state index in [9.17, 15) is 20.0 Å². The van der Waals surface area contributed by atoms with Crippen molar-refractivity contribution in [2.24, 2.45) is 0 Å². The summed E-state index contributed by atoms with van der Waals surface area (Å²) < 4.78 is 13.2. The molecule has 3 atom stereocenters. The molecule has 0 unspecified atom stereocenters. The molecule has 11 heteroatoms. The Morgan fingerprint density at radius 3 is 2.24 bits per heavy atom. The topological polar surface area (TPSA) is 129 Å². The molecule has 2 fully saturated rings. The predicted molar refractivity (Wildman–Crippen MR) is 188 cm³/mol. The van der Waals surface area contributed by atoms with E-state index in [-0.39, 0.29) is 35.5 Å². The molecule has 2 amide bonds. The minimum Gasteiger partial charge on any atom is -0.392 e. The van der Waals surface area contributed by atoms with E-state index >= 15 is 0 Å². The maximum Gasteiger partial charge on any atom is 0.315 e. The third-order valence-corrected chi connectivity index (χ3v) is 9.16. The Balaban J connectivity index is 1.15. The van der Waals surface area contributed by atoms with Crippen molar-refractivity contribution in [2.75, 3.05) is 44.2 Å². The first-order chi connectivity index (χ1) is 23.9. The highest BCUT2D eigenvalue weighted by atomic mass is 16.7. The van der Waals surface area contributed by atoms with Crippen LogP contribution in [0.2, 0.25) is 0 Å². The molecule has 2 aliphatic heterocycles. The van der Waals surface area contributed by atoms with Gasteiger partial charge in [-0.2, -0.15) is 0 Å². The van der Waals surface area contributed by atoms with Crippen LogP contribution in [0.25, 0.3) is 11.1 Å². The second kappa shape index (κ2) is 16.1. The van der Waals surface area contributed by atoms with Crippen molar-refractivity contribution in [3.63, 3.8) is 0 Å². The quantitative estimate of drug-likeness (QED) is 0.133. The molecule has 0 aromatic heterocycles. The Morgan fingerprint density at radius 2 is 1.57 bits per heavy atom. The second-order valence-electron chi connectivity index (χ2n) is 12.4. The largest absolute Gasteiger partial charge is 0.392 e. The summed E-state index contributed by atoms with van der Waals surface area (Å²) in [5, 5.41) is 26.3. The minimum absolute atomic E-state index is 0.0104. The summed E-state index contributed by atoms with van der Waals surface area (Å²) in [6, 6.07) is 30.7. The number of benzene rings is 4. The van der Waals surface area contributed by atoms with Crippen molar-refractivity contribution in [2.45, 2.75) is 45.0 Å². The minimum atomic E-state index is -0.564. The van der Waals surface area contributed by atoms with Gasteiger partial charge in [-0.1, -0.05) is 72.8 Å². The number of nitrogens with zero attached hydrogens (tertiary/aromatic N) is 3. The van der Waals surface area contributed by atoms with Crippen molar-refractivity contribution in [1.29, 1.82) is 0 Å². The lowest BCUT2D eigenvalue weighted by atomic mass is 9.97. The van der Waals surface area contributed by atoms with Crippen molar-refractivity contribution < 1.29 is 24.3 Å². The molecule has 256 valence electrons. The molecule has 2 aliphatic rings. The van der Waals surface area contributed by atoms with Crippen molar-refractivity contribution in [3.05, 3.63) is 129 Å². The molecule has 2 heterocycles. The number of nitro benzene ring substituents is 1. The van der Waals surface area contributed by atoms with Gasteiger partial charge in [-0.05, 0) is 46.9 Å². The number of nitrogens with one attached hydrogen (secondary N) is 2. The Kier molecular flexibility index (Phi) is 11.2. The molecule has 3 N–H and O–H groups in total. The van der Waals surface area contributed by atoms with E-state index in [1.54, 1.807) is 12.1 Å². The zero-order chi connectivity index (χ0) is 34.2. The fourth-order valence-corrected chi connectivity index (χ4v) is 6.47. The molecule has 4 aromatic rings. The Labute approximate surface area is 286 Å². The van der Waals surface area contributed by atoms with E-state index < -0.39 is 6.29 Å². The zero-order valence-corrected chi connectivity index (χ0v) is 27.7. The third kappa shape index (κ3) is 8.62. The van der Waals surface area contributed by atoms with E-state index in [0.717, 1.165) is 71.8 Å². The molecule has 0 aliphatic carbocycles. The van der Waals surface area contributed by atoms with E-state index in [1.165, 1.54) is 0 Å². The number of ether oxygens (including phenoxy) is 2. The van der Waals surface area contributed by atoms with Gasteiger partial charge >= 0.3 is 6.03 Å². The van der Waals surface area contributed by atoms with Crippen LogP contribution in [0.1, 0.15) is 48.0 Å². The number of hydrogen-bond donors (Lipinski definition) is 3. The number of aliphatic hydroxyl groups is 1. The normalized spacial score (nSPS) is 19.7. The molecule has 11 nitrogen and oxygen atoms in total. The van der Waals surface area contributed by atoms with Gasteiger partial charge in [0.1, 0.15) is 0 Å². The summed E-state index contributed by atoms with van der Waals surface area (Å²) in [5.41, 5.74) is 7.01. The number of anilines is 1. The fraction of sp³-hybridized carbons (Fsp3) is 0.342. The van der Waals surface area contributed by atoms with Crippen LogP contribution in [-0.4, -0.2) is 66.3 Å². The fourth-order valence-electron chi connectivity index (χ4n) is 6.47. The van der Waals surface area contributed by atoms with E-state index in [1.807, 2.05) is 73.7 Å². The van der Waals surface area contributed by atoms with Crippen LogP contribution in [0.4, 0.5) is 16.2 Å². The molecule has 6 rings (SSSR count). The lowest BCUT2D eigenvalue weighted by Gasteiger charge is -2.41. The second-order valence-corrected chi connectivity index (χ2v) is 12.4. The van der Waals surface area contributed by atoms with Gasteiger partial charge in [0.2, 0.25) is 0 Å². The average Bonchev–Trinajstić information content (AvgIpc) is 3.14. The maximum atomic E-state index is 12.0. The monoisotopic (exact) mass is 665 g/mol. The van der Waals surface area contributed by atoms with Crippen molar-refractivity contribution in [3.8, 4) is 11.1 Å². The molecule has 4 aromatic carbocycles. The lowest BCUT2D eigenvalue weighted by Crippen LogP contribution is -2.49. The number of carbonyl (C=O) groups is 1. The first-order valence-corrected chi connectivity index (χ1v) is 16.8. The molecule has 2 saturated heterocycles. The zero-order valence-electron chi connectivity index (χ0n) is 27.7. The number of carbonyl (C=O) groups excluding carboxylic acids is 1. The number of nitro groups is 1. The molecular weight excluding hydrogens is 622 g/mol. The summed E-state index contributed by atoms with van der Waals surface area (Å²) >= 11 is 0. The maximum absolute atomic E-state index is 12.0. The molecule has 0 radical (unpaired) electrons. The van der Waals surface area contributed by atoms with Gasteiger partial charge in [0.25, 0.3) is 5.69 Å². The van der Waals surface area contributed by atoms with Crippen LogP contribution in [0.5, 0.6) is 0 Å². The summed E-state index contributed by atoms with van der Waals surface area (Å²) in [5.74, 6) is 0. The summed E-state index contributed by atoms with van der Waals surface area (Å²) in [4.78, 5) is 27.4. The van der Waals surface area contributed by atoms with Crippen LogP contribution in [0.15, 0.2) is 97.1 Å². The molecule has 49 heavy (non-hydrogen) atoms. The van der Waals surface area contributed by atoms with Crippen molar-refractivity contribution in [1.82, 2.24) is 15.5 Å². The van der Waals surface area contributed by atoms with Crippen LogP contribution in [0, 0.1) is 10.1 Å². The standard InChI is InChI=1S/C38H43N5O6/c1-2-39-38(45)40-24-31-5-3-4-6-35(31)28-11-13-30(14-12-28)37-48-34(23-36(49-37)29-9-7-27(26-44)8-10-29)25-41-19-21-42(22-20-41)32-15-17-33(18-16-32)43(46)47/h3-18,34,36-37,44H,2,19-26H2,1H3,(H2,39,40,45)/t34-,36+,37+/m0/s1. The molecular formula is C38H43N5O6. The molecule has 0 spiro atoms. The molecule has 0 bridgehead atoms. The highest BCUT2D eigenvalue weighted by Crippen LogP contribution is 2.39. The van der Waals surface area contributed by atoms with Gasteiger partial charge in [0.05, 0.1) is 23.7 Å². The Bertz CT molecular complexity index is 1690. The summed E-state index contributed by atoms with van der Waals surface area (Å²) in [6.45, 7) is 6.95. The SMILES string of the molecule is CCNC(=O)NCc1ccccc1-c1ccc([C@@H]2O[C@H](CN3CCN(c4ccc([N+](=O)[O-])cc4)CC3)C[C@H](c3ccc(CO)cc3)O2)cc1. The number of rotatable bonds is 11. The van der Waals surface area contributed by atoms with E-state index in [0.29, 0.717) is 19.5 Å². The van der Waals surface area contributed by atoms with E-state index in [2.05, 4.69) is 38.6 Å². The summed E-state index contributed by atoms with van der Waals surface area (Å²) in [7, 11) is 0. The van der Waals surface area contributed by atoms with Crippen LogP contribution < -0.4 is 15.5 Å². The highest BCUT2D eigenvalue weighted by molar-refractivity contribution is 5.74. The van der Waals surface area contributed by atoms with Gasteiger partial charge in [0, 0.05) is 75.6 Å². The van der Waals surface area contributed by atoms with Gasteiger partial charge in [-0.15, -0.1) is 0 Å².